The summed E-state index contributed by atoms with van der Waals surface area (Å²) in [6, 6.07) is 13.6. The SMILES string of the molecule is Cc1ccc(C#C[C@@](O)(c2ccccc2)C(F)(F)F)cc1. The van der Waals surface area contributed by atoms with Gasteiger partial charge in [0.05, 0.1) is 0 Å². The van der Waals surface area contributed by atoms with Gasteiger partial charge >= 0.3 is 6.18 Å². The van der Waals surface area contributed by atoms with Crippen LogP contribution in [-0.4, -0.2) is 11.3 Å². The van der Waals surface area contributed by atoms with Crippen LogP contribution in [0.25, 0.3) is 0 Å². The van der Waals surface area contributed by atoms with E-state index in [1.165, 1.54) is 24.3 Å². The molecule has 1 N–H and O–H groups in total. The van der Waals surface area contributed by atoms with E-state index in [-0.39, 0.29) is 5.56 Å². The van der Waals surface area contributed by atoms with Gasteiger partial charge in [-0.15, -0.1) is 0 Å². The quantitative estimate of drug-likeness (QED) is 0.792. The molecule has 0 radical (unpaired) electrons. The fourth-order valence-corrected chi connectivity index (χ4v) is 1.79. The number of hydrogen-bond acceptors (Lipinski definition) is 1. The molecule has 2 aromatic rings. The smallest absolute Gasteiger partial charge is 0.366 e. The lowest BCUT2D eigenvalue weighted by Gasteiger charge is -2.25. The Balaban J connectivity index is 2.46. The number of alkyl halides is 3. The van der Waals surface area contributed by atoms with Crippen molar-refractivity contribution in [2.45, 2.75) is 18.7 Å². The van der Waals surface area contributed by atoms with E-state index in [2.05, 4.69) is 5.92 Å². The molecule has 21 heavy (non-hydrogen) atoms. The second-order valence-electron chi connectivity index (χ2n) is 4.69. The van der Waals surface area contributed by atoms with E-state index < -0.39 is 11.8 Å². The van der Waals surface area contributed by atoms with Gasteiger partial charge in [-0.3, -0.25) is 0 Å². The third-order valence-electron chi connectivity index (χ3n) is 3.04. The van der Waals surface area contributed by atoms with E-state index in [4.69, 9.17) is 0 Å². The Morgan fingerprint density at radius 1 is 0.905 bits per heavy atom. The predicted octanol–water partition coefficient (Wildman–Crippen LogP) is 3.80. The lowest BCUT2D eigenvalue weighted by molar-refractivity contribution is -0.240. The predicted molar refractivity (Wildman–Crippen MR) is 74.5 cm³/mol. The molecule has 108 valence electrons. The standard InChI is InChI=1S/C17H13F3O/c1-13-7-9-14(10-8-13)11-12-16(21,17(18,19)20)15-5-3-2-4-6-15/h2-10,21H,1H3/t16-/m1/s1. The average molecular weight is 290 g/mol. The van der Waals surface area contributed by atoms with Crippen LogP contribution in [0.1, 0.15) is 16.7 Å². The number of hydrogen-bond donors (Lipinski definition) is 1. The van der Waals surface area contributed by atoms with E-state index in [0.717, 1.165) is 5.56 Å². The third-order valence-corrected chi connectivity index (χ3v) is 3.04. The summed E-state index contributed by atoms with van der Waals surface area (Å²) in [5.74, 6) is 4.37. The highest BCUT2D eigenvalue weighted by Gasteiger charge is 2.54. The maximum Gasteiger partial charge on any atom is 0.433 e. The van der Waals surface area contributed by atoms with Crippen LogP contribution in [0.3, 0.4) is 0 Å². The molecule has 4 heteroatoms. The van der Waals surface area contributed by atoms with Crippen LogP contribution < -0.4 is 0 Å². The molecule has 2 aromatic carbocycles. The topological polar surface area (TPSA) is 20.2 Å². The first kappa shape index (κ1) is 15.1. The normalized spacial score (nSPS) is 14.0. The minimum Gasteiger partial charge on any atom is -0.366 e. The number of benzene rings is 2. The van der Waals surface area contributed by atoms with Crippen LogP contribution in [0.2, 0.25) is 0 Å². The van der Waals surface area contributed by atoms with Crippen molar-refractivity contribution in [3.05, 3.63) is 71.3 Å². The molecule has 0 bridgehead atoms. The molecule has 0 saturated heterocycles. The lowest BCUT2D eigenvalue weighted by Crippen LogP contribution is -2.41. The molecule has 0 unspecified atom stereocenters. The lowest BCUT2D eigenvalue weighted by atomic mass is 9.93. The highest BCUT2D eigenvalue weighted by molar-refractivity contribution is 5.41. The van der Waals surface area contributed by atoms with E-state index in [0.29, 0.717) is 5.56 Å². The Bertz CT molecular complexity index is 663. The Morgan fingerprint density at radius 2 is 1.48 bits per heavy atom. The molecule has 0 amide bonds. The van der Waals surface area contributed by atoms with Crippen molar-refractivity contribution < 1.29 is 18.3 Å². The molecule has 0 aromatic heterocycles. The highest BCUT2D eigenvalue weighted by atomic mass is 19.4. The van der Waals surface area contributed by atoms with Gasteiger partial charge in [-0.1, -0.05) is 53.9 Å². The fourth-order valence-electron chi connectivity index (χ4n) is 1.79. The zero-order chi connectivity index (χ0) is 15.5. The van der Waals surface area contributed by atoms with Crippen molar-refractivity contribution in [2.75, 3.05) is 0 Å². The van der Waals surface area contributed by atoms with Crippen molar-refractivity contribution in [2.24, 2.45) is 0 Å². The second-order valence-corrected chi connectivity index (χ2v) is 4.69. The van der Waals surface area contributed by atoms with Gasteiger partial charge in [0.25, 0.3) is 0 Å². The number of aliphatic hydroxyl groups is 1. The molecule has 2 rings (SSSR count). The largest absolute Gasteiger partial charge is 0.433 e. The summed E-state index contributed by atoms with van der Waals surface area (Å²) in [6.07, 6.45) is -4.88. The molecular weight excluding hydrogens is 277 g/mol. The van der Waals surface area contributed by atoms with Crippen LogP contribution in [0.15, 0.2) is 54.6 Å². The van der Waals surface area contributed by atoms with Crippen LogP contribution in [0.4, 0.5) is 13.2 Å². The molecule has 0 spiro atoms. The molecule has 0 aliphatic heterocycles. The van der Waals surface area contributed by atoms with Crippen molar-refractivity contribution >= 4 is 0 Å². The molecule has 1 nitrogen and oxygen atoms in total. The number of aryl methyl sites for hydroxylation is 1. The van der Waals surface area contributed by atoms with Crippen LogP contribution in [-0.2, 0) is 5.60 Å². The number of rotatable bonds is 1. The molecule has 0 aliphatic carbocycles. The monoisotopic (exact) mass is 290 g/mol. The Labute approximate surface area is 121 Å². The molecule has 0 aliphatic rings. The third kappa shape index (κ3) is 3.26. The number of halogens is 3. The van der Waals surface area contributed by atoms with Crippen molar-refractivity contribution in [3.8, 4) is 11.8 Å². The van der Waals surface area contributed by atoms with Gasteiger partial charge in [0.1, 0.15) is 0 Å². The van der Waals surface area contributed by atoms with Crippen LogP contribution >= 0.6 is 0 Å². The Hall–Kier alpha value is -2.25. The summed E-state index contributed by atoms with van der Waals surface area (Å²) in [5.41, 5.74) is -2.08. The van der Waals surface area contributed by atoms with Crippen LogP contribution in [0, 0.1) is 18.8 Å². The molecular formula is C17H13F3O. The average Bonchev–Trinajstić information content (AvgIpc) is 2.46. The second kappa shape index (κ2) is 5.63. The summed E-state index contributed by atoms with van der Waals surface area (Å²) in [6.45, 7) is 1.87. The van der Waals surface area contributed by atoms with E-state index in [9.17, 15) is 18.3 Å². The minimum atomic E-state index is -4.88. The molecule has 1 atom stereocenters. The summed E-state index contributed by atoms with van der Waals surface area (Å²) < 4.78 is 39.6. The van der Waals surface area contributed by atoms with Gasteiger partial charge < -0.3 is 5.11 Å². The summed E-state index contributed by atoms with van der Waals surface area (Å²) >= 11 is 0. The van der Waals surface area contributed by atoms with E-state index in [1.54, 1.807) is 30.3 Å². The molecule has 0 fully saturated rings. The van der Waals surface area contributed by atoms with Gasteiger partial charge in [0.2, 0.25) is 5.60 Å². The first-order chi connectivity index (χ1) is 9.83. The van der Waals surface area contributed by atoms with Crippen molar-refractivity contribution in [1.29, 1.82) is 0 Å². The van der Waals surface area contributed by atoms with Gasteiger partial charge in [0, 0.05) is 11.1 Å². The van der Waals surface area contributed by atoms with Gasteiger partial charge in [-0.2, -0.15) is 13.2 Å². The van der Waals surface area contributed by atoms with E-state index in [1.807, 2.05) is 12.8 Å². The maximum absolute atomic E-state index is 13.2. The fraction of sp³-hybridized carbons (Fsp3) is 0.176. The highest BCUT2D eigenvalue weighted by Crippen LogP contribution is 2.38. The van der Waals surface area contributed by atoms with Gasteiger partial charge in [-0.05, 0) is 25.0 Å². The Morgan fingerprint density at radius 3 is 2.00 bits per heavy atom. The van der Waals surface area contributed by atoms with Gasteiger partial charge in [-0.25, -0.2) is 0 Å². The minimum absolute atomic E-state index is 0.294. The first-order valence-electron chi connectivity index (χ1n) is 6.27. The zero-order valence-electron chi connectivity index (χ0n) is 11.3. The summed E-state index contributed by atoms with van der Waals surface area (Å²) in [5, 5.41) is 10.0. The van der Waals surface area contributed by atoms with Crippen molar-refractivity contribution in [1.82, 2.24) is 0 Å². The first-order valence-corrected chi connectivity index (χ1v) is 6.27. The zero-order valence-corrected chi connectivity index (χ0v) is 11.3. The molecule has 0 saturated carbocycles. The van der Waals surface area contributed by atoms with Crippen molar-refractivity contribution in [3.63, 3.8) is 0 Å². The summed E-state index contributed by atoms with van der Waals surface area (Å²) in [4.78, 5) is 0. The molecule has 0 heterocycles. The van der Waals surface area contributed by atoms with Crippen LogP contribution in [0.5, 0.6) is 0 Å². The van der Waals surface area contributed by atoms with Gasteiger partial charge in [0.15, 0.2) is 0 Å². The summed E-state index contributed by atoms with van der Waals surface area (Å²) in [7, 11) is 0. The Kier molecular flexibility index (Phi) is 4.06. The maximum atomic E-state index is 13.2. The van der Waals surface area contributed by atoms with E-state index >= 15 is 0 Å².